The van der Waals surface area contributed by atoms with E-state index in [1.807, 2.05) is 20.8 Å². The Morgan fingerprint density at radius 3 is 2.63 bits per heavy atom. The van der Waals surface area contributed by atoms with Gasteiger partial charge in [0.15, 0.2) is 0 Å². The summed E-state index contributed by atoms with van der Waals surface area (Å²) in [6, 6.07) is 2.47. The Bertz CT molecular complexity index is 611. The van der Waals surface area contributed by atoms with Crippen LogP contribution in [-0.4, -0.2) is 64.8 Å². The van der Waals surface area contributed by atoms with E-state index in [9.17, 15) is 14.7 Å². The molecule has 0 spiro atoms. The molecule has 1 aliphatic heterocycles. The van der Waals surface area contributed by atoms with E-state index in [1.54, 1.807) is 24.5 Å². The number of likely N-dealkylation sites (tertiary alicyclic amines) is 1. The number of hydrogen-bond donors (Lipinski definition) is 3. The molecule has 2 heterocycles. The zero-order valence-corrected chi connectivity index (χ0v) is 16.2. The van der Waals surface area contributed by atoms with Crippen molar-refractivity contribution in [3.63, 3.8) is 0 Å². The van der Waals surface area contributed by atoms with E-state index in [4.69, 9.17) is 4.74 Å². The Kier molecular flexibility index (Phi) is 7.99. The number of carbonyl (C=O) groups excluding carboxylic acids is 2. The van der Waals surface area contributed by atoms with Crippen LogP contribution in [0.15, 0.2) is 24.5 Å². The molecule has 1 aromatic rings. The van der Waals surface area contributed by atoms with Crippen LogP contribution in [0, 0.1) is 5.92 Å². The summed E-state index contributed by atoms with van der Waals surface area (Å²) in [4.78, 5) is 30.8. The fraction of sp³-hybridized carbons (Fsp3) is 0.632. The Morgan fingerprint density at radius 1 is 1.33 bits per heavy atom. The van der Waals surface area contributed by atoms with Crippen molar-refractivity contribution < 1.29 is 19.4 Å². The second-order valence-corrected chi connectivity index (χ2v) is 7.29. The number of nitrogens with zero attached hydrogens (tertiary/aromatic N) is 2. The van der Waals surface area contributed by atoms with Gasteiger partial charge in [0.1, 0.15) is 12.6 Å². The number of likely N-dealkylation sites (N-methyl/N-ethyl adjacent to an activating group) is 1. The monoisotopic (exact) mass is 378 g/mol. The highest BCUT2D eigenvalue weighted by molar-refractivity contribution is 5.85. The van der Waals surface area contributed by atoms with E-state index < -0.39 is 18.2 Å². The molecule has 27 heavy (non-hydrogen) atoms. The van der Waals surface area contributed by atoms with Gasteiger partial charge in [-0.1, -0.05) is 20.8 Å². The number of hydrogen-bond acceptors (Lipinski definition) is 6. The Labute approximate surface area is 160 Å². The highest BCUT2D eigenvalue weighted by Gasteiger charge is 2.33. The molecule has 8 nitrogen and oxygen atoms in total. The minimum absolute atomic E-state index is 0.108. The predicted molar refractivity (Wildman–Crippen MR) is 101 cm³/mol. The van der Waals surface area contributed by atoms with Gasteiger partial charge in [0.2, 0.25) is 5.91 Å². The van der Waals surface area contributed by atoms with Crippen LogP contribution in [-0.2, 0) is 16.1 Å². The third-order valence-electron chi connectivity index (χ3n) is 4.57. The van der Waals surface area contributed by atoms with Gasteiger partial charge in [0.05, 0.1) is 12.1 Å². The largest absolute Gasteiger partial charge is 0.445 e. The van der Waals surface area contributed by atoms with Gasteiger partial charge in [-0.05, 0) is 36.6 Å². The molecular formula is C19H30N4O4. The van der Waals surface area contributed by atoms with Crippen LogP contribution in [0.4, 0.5) is 4.79 Å². The van der Waals surface area contributed by atoms with Crippen molar-refractivity contribution >= 4 is 12.0 Å². The number of aliphatic hydroxyl groups is 1. The first kappa shape index (κ1) is 21.1. The van der Waals surface area contributed by atoms with Gasteiger partial charge in [0.25, 0.3) is 0 Å². The SMILES string of the molecule is CCN1CC(O)C(NC(=O)[C@H](CC(C)C)NC(=O)OCc2ccncc2)C1. The molecule has 2 unspecified atom stereocenters. The number of pyridine rings is 1. The van der Waals surface area contributed by atoms with Crippen molar-refractivity contribution in [3.8, 4) is 0 Å². The molecule has 2 rings (SSSR count). The first-order valence-electron chi connectivity index (χ1n) is 9.42. The van der Waals surface area contributed by atoms with Gasteiger partial charge < -0.3 is 20.5 Å². The molecule has 1 aliphatic rings. The van der Waals surface area contributed by atoms with E-state index in [2.05, 4.69) is 20.5 Å². The number of aliphatic hydroxyl groups excluding tert-OH is 1. The summed E-state index contributed by atoms with van der Waals surface area (Å²) in [6.07, 6.45) is 2.48. The predicted octanol–water partition coefficient (Wildman–Crippen LogP) is 0.904. The third-order valence-corrected chi connectivity index (χ3v) is 4.57. The van der Waals surface area contributed by atoms with Crippen LogP contribution < -0.4 is 10.6 Å². The standard InChI is InChI=1S/C19H30N4O4/c1-4-23-10-16(17(24)11-23)21-18(25)15(9-13(2)3)22-19(26)27-12-14-5-7-20-8-6-14/h5-8,13,15-17,24H,4,9-12H2,1-3H3,(H,21,25)(H,22,26)/t15-,16?,17?/m0/s1. The maximum Gasteiger partial charge on any atom is 0.408 e. The van der Waals surface area contributed by atoms with Crippen molar-refractivity contribution in [2.45, 2.75) is 52.0 Å². The maximum atomic E-state index is 12.7. The van der Waals surface area contributed by atoms with Crippen molar-refractivity contribution in [1.82, 2.24) is 20.5 Å². The molecule has 0 saturated carbocycles. The van der Waals surface area contributed by atoms with Crippen LogP contribution >= 0.6 is 0 Å². The number of β-amino-alcohol motifs (C(OH)–C–C–N with tert-alkyl or cyclic N) is 1. The number of amides is 2. The lowest BCUT2D eigenvalue weighted by Gasteiger charge is -2.23. The number of nitrogens with one attached hydrogen (secondary N) is 2. The number of ether oxygens (including phenoxy) is 1. The van der Waals surface area contributed by atoms with Crippen LogP contribution in [0.5, 0.6) is 0 Å². The van der Waals surface area contributed by atoms with Crippen LogP contribution in [0.2, 0.25) is 0 Å². The summed E-state index contributed by atoms with van der Waals surface area (Å²) in [5.41, 5.74) is 0.818. The van der Waals surface area contributed by atoms with Crippen molar-refractivity contribution in [2.75, 3.05) is 19.6 Å². The lowest BCUT2D eigenvalue weighted by Crippen LogP contribution is -2.53. The second kappa shape index (κ2) is 10.2. The molecule has 3 atom stereocenters. The Hall–Kier alpha value is -2.19. The molecule has 0 aliphatic carbocycles. The minimum atomic E-state index is -0.710. The summed E-state index contributed by atoms with van der Waals surface area (Å²) >= 11 is 0. The lowest BCUT2D eigenvalue weighted by molar-refractivity contribution is -0.124. The van der Waals surface area contributed by atoms with Gasteiger partial charge >= 0.3 is 6.09 Å². The summed E-state index contributed by atoms with van der Waals surface area (Å²) in [5, 5.41) is 15.6. The zero-order chi connectivity index (χ0) is 19.8. The molecule has 0 aromatic carbocycles. The van der Waals surface area contributed by atoms with E-state index in [1.165, 1.54) is 0 Å². The van der Waals surface area contributed by atoms with Gasteiger partial charge in [-0.25, -0.2) is 4.79 Å². The third kappa shape index (κ3) is 6.80. The van der Waals surface area contributed by atoms with Gasteiger partial charge in [-0.15, -0.1) is 0 Å². The maximum absolute atomic E-state index is 12.7. The van der Waals surface area contributed by atoms with Crippen LogP contribution in [0.1, 0.15) is 32.8 Å². The van der Waals surface area contributed by atoms with Gasteiger partial charge in [0, 0.05) is 25.5 Å². The number of aromatic nitrogens is 1. The normalized spacial score (nSPS) is 21.1. The molecule has 2 amide bonds. The Morgan fingerprint density at radius 2 is 2.04 bits per heavy atom. The number of carbonyl (C=O) groups is 2. The fourth-order valence-electron chi connectivity index (χ4n) is 3.06. The molecule has 1 aromatic heterocycles. The first-order chi connectivity index (χ1) is 12.9. The van der Waals surface area contributed by atoms with Gasteiger partial charge in [-0.3, -0.25) is 14.7 Å². The van der Waals surface area contributed by atoms with Crippen molar-refractivity contribution in [2.24, 2.45) is 5.92 Å². The van der Waals surface area contributed by atoms with Crippen LogP contribution in [0.3, 0.4) is 0 Å². The Balaban J connectivity index is 1.89. The average molecular weight is 378 g/mol. The lowest BCUT2D eigenvalue weighted by atomic mass is 10.0. The molecule has 150 valence electrons. The highest BCUT2D eigenvalue weighted by Crippen LogP contribution is 2.12. The van der Waals surface area contributed by atoms with E-state index in [-0.39, 0.29) is 24.5 Å². The topological polar surface area (TPSA) is 104 Å². The quantitative estimate of drug-likeness (QED) is 0.621. The van der Waals surface area contributed by atoms with Crippen molar-refractivity contribution in [1.29, 1.82) is 0 Å². The number of alkyl carbamates (subject to hydrolysis) is 1. The molecule has 3 N–H and O–H groups in total. The zero-order valence-electron chi connectivity index (χ0n) is 16.2. The smallest absolute Gasteiger partial charge is 0.408 e. The van der Waals surface area contributed by atoms with Crippen LogP contribution in [0.25, 0.3) is 0 Å². The highest BCUT2D eigenvalue weighted by atomic mass is 16.5. The van der Waals surface area contributed by atoms with E-state index in [0.717, 1.165) is 12.1 Å². The molecule has 0 radical (unpaired) electrons. The average Bonchev–Trinajstić information content (AvgIpc) is 2.99. The second-order valence-electron chi connectivity index (χ2n) is 7.29. The van der Waals surface area contributed by atoms with Crippen molar-refractivity contribution in [3.05, 3.63) is 30.1 Å². The van der Waals surface area contributed by atoms with E-state index >= 15 is 0 Å². The minimum Gasteiger partial charge on any atom is -0.445 e. The molecule has 8 heteroatoms. The number of rotatable bonds is 8. The summed E-state index contributed by atoms with van der Waals surface area (Å²) in [6.45, 7) is 8.04. The summed E-state index contributed by atoms with van der Waals surface area (Å²) < 4.78 is 5.20. The molecule has 0 bridgehead atoms. The molecular weight excluding hydrogens is 348 g/mol. The fourth-order valence-corrected chi connectivity index (χ4v) is 3.06. The summed E-state index contributed by atoms with van der Waals surface area (Å²) in [7, 11) is 0. The summed E-state index contributed by atoms with van der Waals surface area (Å²) in [5.74, 6) is -0.0894. The molecule has 1 fully saturated rings. The molecule has 1 saturated heterocycles. The van der Waals surface area contributed by atoms with Gasteiger partial charge in [-0.2, -0.15) is 0 Å². The van der Waals surface area contributed by atoms with E-state index in [0.29, 0.717) is 19.5 Å². The first-order valence-corrected chi connectivity index (χ1v) is 9.42.